The van der Waals surface area contributed by atoms with E-state index < -0.39 is 0 Å². The molecule has 0 aliphatic rings. The summed E-state index contributed by atoms with van der Waals surface area (Å²) in [5.41, 5.74) is 3.92. The molecule has 138 valence electrons. The minimum atomic E-state index is 0.493. The number of hydrogen-bond donors (Lipinski definition) is 0. The van der Waals surface area contributed by atoms with Gasteiger partial charge in [0, 0.05) is 15.6 Å². The molecule has 0 aliphatic heterocycles. The van der Waals surface area contributed by atoms with Crippen LogP contribution in [0.25, 0.3) is 33.8 Å². The van der Waals surface area contributed by atoms with Crippen molar-refractivity contribution in [3.63, 3.8) is 0 Å². The lowest BCUT2D eigenvalue weighted by Crippen LogP contribution is -2.01. The van der Waals surface area contributed by atoms with Gasteiger partial charge in [-0.15, -0.1) is 10.2 Å². The van der Waals surface area contributed by atoms with Crippen LogP contribution in [-0.4, -0.2) is 29.4 Å². The Labute approximate surface area is 174 Å². The lowest BCUT2D eigenvalue weighted by molar-refractivity contribution is 0.886. The van der Waals surface area contributed by atoms with E-state index in [1.54, 1.807) is 33.7 Å². The second-order valence-electron chi connectivity index (χ2n) is 6.31. The largest absolute Gasteiger partial charge is 0.264 e. The number of halogens is 3. The van der Waals surface area contributed by atoms with Crippen LogP contribution in [0.3, 0.4) is 0 Å². The van der Waals surface area contributed by atoms with E-state index in [4.69, 9.17) is 34.8 Å². The topological polar surface area (TPSA) is 60.9 Å². The molecule has 0 saturated carbocycles. The van der Waals surface area contributed by atoms with Crippen LogP contribution in [0.2, 0.25) is 15.1 Å². The van der Waals surface area contributed by atoms with Crippen LogP contribution >= 0.6 is 34.8 Å². The van der Waals surface area contributed by atoms with Gasteiger partial charge in [-0.05, 0) is 42.8 Å². The first kappa shape index (κ1) is 17.4. The van der Waals surface area contributed by atoms with Crippen molar-refractivity contribution in [3.8, 4) is 17.1 Å². The summed E-state index contributed by atoms with van der Waals surface area (Å²) >= 11 is 18.5. The number of nitrogens with zero attached hydrogens (tertiary/aromatic N) is 6. The van der Waals surface area contributed by atoms with Crippen molar-refractivity contribution in [2.24, 2.45) is 0 Å². The summed E-state index contributed by atoms with van der Waals surface area (Å²) in [7, 11) is 0. The highest BCUT2D eigenvalue weighted by Crippen LogP contribution is 2.31. The summed E-state index contributed by atoms with van der Waals surface area (Å²) < 4.78 is 3.54. The van der Waals surface area contributed by atoms with Crippen molar-refractivity contribution in [3.05, 3.63) is 69.6 Å². The fourth-order valence-electron chi connectivity index (χ4n) is 3.16. The standard InChI is InChI=1S/C19H11Cl3N6/c1-10-2-3-12(21)7-16(10)28-17-14(8-24-28)19-26-25-18(27(19)9-23-17)13-5-4-11(20)6-15(13)22/h2-9H,1H3. The monoisotopic (exact) mass is 428 g/mol. The molecule has 0 bridgehead atoms. The third-order valence-corrected chi connectivity index (χ3v) is 5.33. The third-order valence-electron chi connectivity index (χ3n) is 4.55. The Bertz CT molecular complexity index is 1370. The summed E-state index contributed by atoms with van der Waals surface area (Å²) in [6.45, 7) is 2.00. The Hall–Kier alpha value is -2.67. The van der Waals surface area contributed by atoms with Gasteiger partial charge in [0.1, 0.15) is 6.33 Å². The van der Waals surface area contributed by atoms with Gasteiger partial charge < -0.3 is 0 Å². The number of rotatable bonds is 2. The summed E-state index contributed by atoms with van der Waals surface area (Å²) in [6.07, 6.45) is 3.38. The van der Waals surface area contributed by atoms with Gasteiger partial charge >= 0.3 is 0 Å². The summed E-state index contributed by atoms with van der Waals surface area (Å²) in [5.74, 6) is 0.581. The van der Waals surface area contributed by atoms with Crippen LogP contribution in [0.15, 0.2) is 48.9 Å². The first-order chi connectivity index (χ1) is 13.5. The molecule has 0 atom stereocenters. The molecule has 0 unspecified atom stereocenters. The molecule has 0 saturated heterocycles. The Morgan fingerprint density at radius 3 is 2.50 bits per heavy atom. The van der Waals surface area contributed by atoms with E-state index in [-0.39, 0.29) is 0 Å². The molecule has 3 heterocycles. The molecule has 2 aromatic carbocycles. The lowest BCUT2D eigenvalue weighted by Gasteiger charge is -2.07. The van der Waals surface area contributed by atoms with Gasteiger partial charge in [0.15, 0.2) is 17.1 Å². The van der Waals surface area contributed by atoms with E-state index in [0.717, 1.165) is 22.2 Å². The van der Waals surface area contributed by atoms with Crippen molar-refractivity contribution < 1.29 is 0 Å². The molecule has 0 aliphatic carbocycles. The fraction of sp³-hybridized carbons (Fsp3) is 0.0526. The van der Waals surface area contributed by atoms with E-state index in [2.05, 4.69) is 20.3 Å². The predicted molar refractivity (Wildman–Crippen MR) is 111 cm³/mol. The molecule has 0 N–H and O–H groups in total. The smallest absolute Gasteiger partial charge is 0.175 e. The van der Waals surface area contributed by atoms with Gasteiger partial charge in [-0.25, -0.2) is 9.67 Å². The van der Waals surface area contributed by atoms with E-state index in [0.29, 0.717) is 32.2 Å². The molecule has 6 nitrogen and oxygen atoms in total. The van der Waals surface area contributed by atoms with Crippen molar-refractivity contribution in [1.29, 1.82) is 0 Å². The minimum absolute atomic E-state index is 0.493. The van der Waals surface area contributed by atoms with E-state index in [1.165, 1.54) is 0 Å². The number of fused-ring (bicyclic) bond motifs is 3. The zero-order valence-corrected chi connectivity index (χ0v) is 16.7. The normalized spacial score (nSPS) is 11.6. The molecule has 0 amide bonds. The number of aromatic nitrogens is 6. The average molecular weight is 430 g/mol. The van der Waals surface area contributed by atoms with Gasteiger partial charge in [-0.2, -0.15) is 5.10 Å². The lowest BCUT2D eigenvalue weighted by atomic mass is 10.2. The van der Waals surface area contributed by atoms with Gasteiger partial charge in [0.25, 0.3) is 0 Å². The van der Waals surface area contributed by atoms with Crippen LogP contribution < -0.4 is 0 Å². The molecule has 9 heteroatoms. The van der Waals surface area contributed by atoms with Crippen molar-refractivity contribution >= 4 is 51.5 Å². The van der Waals surface area contributed by atoms with E-state index >= 15 is 0 Å². The SMILES string of the molecule is Cc1ccc(Cl)cc1-n1ncc2c1ncn1c(-c3ccc(Cl)cc3Cl)nnc21. The highest BCUT2D eigenvalue weighted by molar-refractivity contribution is 6.36. The highest BCUT2D eigenvalue weighted by atomic mass is 35.5. The van der Waals surface area contributed by atoms with Crippen LogP contribution in [0.1, 0.15) is 5.56 Å². The summed E-state index contributed by atoms with van der Waals surface area (Å²) in [4.78, 5) is 4.59. The van der Waals surface area contributed by atoms with Crippen molar-refractivity contribution in [2.45, 2.75) is 6.92 Å². The molecular formula is C19H11Cl3N6. The van der Waals surface area contributed by atoms with Crippen molar-refractivity contribution in [1.82, 2.24) is 29.4 Å². The molecule has 5 rings (SSSR count). The highest BCUT2D eigenvalue weighted by Gasteiger charge is 2.17. The Morgan fingerprint density at radius 1 is 0.893 bits per heavy atom. The second kappa shape index (κ2) is 6.44. The van der Waals surface area contributed by atoms with Gasteiger partial charge in [-0.3, -0.25) is 4.40 Å². The predicted octanol–water partition coefficient (Wildman–Crippen LogP) is 5.40. The number of benzene rings is 2. The molecule has 3 aromatic heterocycles. The number of hydrogen-bond acceptors (Lipinski definition) is 4. The van der Waals surface area contributed by atoms with E-state index in [9.17, 15) is 0 Å². The molecule has 0 spiro atoms. The summed E-state index contributed by atoms with van der Waals surface area (Å²) in [6, 6.07) is 10.9. The molecular weight excluding hydrogens is 419 g/mol. The van der Waals surface area contributed by atoms with Gasteiger partial charge in [0.05, 0.1) is 22.3 Å². The zero-order valence-electron chi connectivity index (χ0n) is 14.4. The first-order valence-electron chi connectivity index (χ1n) is 8.32. The van der Waals surface area contributed by atoms with Crippen molar-refractivity contribution in [2.75, 3.05) is 0 Å². The maximum absolute atomic E-state index is 6.34. The minimum Gasteiger partial charge on any atom is -0.264 e. The molecule has 5 aromatic rings. The van der Waals surface area contributed by atoms with Gasteiger partial charge in [0.2, 0.25) is 0 Å². The maximum Gasteiger partial charge on any atom is 0.175 e. The maximum atomic E-state index is 6.34. The summed E-state index contributed by atoms with van der Waals surface area (Å²) in [5, 5.41) is 15.6. The fourth-order valence-corrected chi connectivity index (χ4v) is 3.82. The van der Waals surface area contributed by atoms with Crippen LogP contribution in [0.4, 0.5) is 0 Å². The number of aryl methyl sites for hydroxylation is 1. The van der Waals surface area contributed by atoms with Crippen LogP contribution in [0, 0.1) is 6.92 Å². The molecule has 28 heavy (non-hydrogen) atoms. The average Bonchev–Trinajstić information content (AvgIpc) is 3.27. The second-order valence-corrected chi connectivity index (χ2v) is 7.59. The quantitative estimate of drug-likeness (QED) is 0.377. The van der Waals surface area contributed by atoms with E-state index in [1.807, 2.05) is 31.2 Å². The Morgan fingerprint density at radius 2 is 1.68 bits per heavy atom. The Balaban J connectivity index is 1.74. The third kappa shape index (κ3) is 2.64. The van der Waals surface area contributed by atoms with Crippen LogP contribution in [-0.2, 0) is 0 Å². The molecule has 0 fully saturated rings. The van der Waals surface area contributed by atoms with Gasteiger partial charge in [-0.1, -0.05) is 40.9 Å². The zero-order chi connectivity index (χ0) is 19.4. The molecule has 0 radical (unpaired) electrons. The first-order valence-corrected chi connectivity index (χ1v) is 9.46. The Kier molecular flexibility index (Phi) is 4.01. The van der Waals surface area contributed by atoms with Crippen LogP contribution in [0.5, 0.6) is 0 Å².